The second kappa shape index (κ2) is 10.0. The average Bonchev–Trinajstić information content (AvgIpc) is 2.74. The highest BCUT2D eigenvalue weighted by atomic mass is 16.6. The molecule has 0 fully saturated rings. The molecule has 1 aliphatic heterocycles. The molecule has 3 rings (SSSR count). The highest BCUT2D eigenvalue weighted by Crippen LogP contribution is 2.30. The zero-order valence-electron chi connectivity index (χ0n) is 17.5. The van der Waals surface area contributed by atoms with Crippen molar-refractivity contribution in [1.82, 2.24) is 5.32 Å². The lowest BCUT2D eigenvalue weighted by molar-refractivity contribution is -0.150. The smallest absolute Gasteiger partial charge is 0.344 e. The fraction of sp³-hybridized carbons (Fsp3) is 0.391. The summed E-state index contributed by atoms with van der Waals surface area (Å²) in [5, 5.41) is 2.67. The van der Waals surface area contributed by atoms with Crippen LogP contribution in [0.3, 0.4) is 0 Å². The van der Waals surface area contributed by atoms with Crippen molar-refractivity contribution in [2.24, 2.45) is 0 Å². The van der Waals surface area contributed by atoms with Crippen LogP contribution in [0.4, 0.5) is 0 Å². The summed E-state index contributed by atoms with van der Waals surface area (Å²) < 4.78 is 21.8. The lowest BCUT2D eigenvalue weighted by Crippen LogP contribution is -2.42. The fourth-order valence-electron chi connectivity index (χ4n) is 3.16. The lowest BCUT2D eigenvalue weighted by Gasteiger charge is -2.26. The van der Waals surface area contributed by atoms with E-state index < -0.39 is 11.9 Å². The van der Waals surface area contributed by atoms with Gasteiger partial charge in [0.25, 0.3) is 5.91 Å². The predicted octanol–water partition coefficient (Wildman–Crippen LogP) is 3.00. The number of nitrogens with one attached hydrogen (secondary N) is 1. The van der Waals surface area contributed by atoms with Gasteiger partial charge in [-0.25, -0.2) is 4.79 Å². The van der Waals surface area contributed by atoms with Gasteiger partial charge in [-0.1, -0.05) is 32.0 Å². The topological polar surface area (TPSA) is 83.1 Å². The van der Waals surface area contributed by atoms with E-state index in [1.807, 2.05) is 49.4 Å². The molecule has 0 radical (unpaired) electrons. The van der Waals surface area contributed by atoms with Gasteiger partial charge in [-0.2, -0.15) is 0 Å². The second-order valence-electron chi connectivity index (χ2n) is 7.42. The molecular weight excluding hydrogens is 386 g/mol. The number of esters is 1. The highest BCUT2D eigenvalue weighted by molar-refractivity contribution is 5.80. The van der Waals surface area contributed by atoms with Gasteiger partial charge in [-0.15, -0.1) is 0 Å². The third-order valence-corrected chi connectivity index (χ3v) is 4.68. The Morgan fingerprint density at radius 2 is 1.90 bits per heavy atom. The number of ether oxygens (including phenoxy) is 4. The minimum atomic E-state index is -0.609. The monoisotopic (exact) mass is 413 g/mol. The van der Waals surface area contributed by atoms with Crippen LogP contribution in [-0.2, 0) is 14.3 Å². The van der Waals surface area contributed by atoms with Crippen LogP contribution in [0.25, 0.3) is 0 Å². The maximum Gasteiger partial charge on any atom is 0.344 e. The highest BCUT2D eigenvalue weighted by Gasteiger charge is 2.21. The molecule has 0 saturated heterocycles. The molecule has 2 aromatic carbocycles. The summed E-state index contributed by atoms with van der Waals surface area (Å²) >= 11 is 0. The Kier molecular flexibility index (Phi) is 7.17. The molecule has 7 nitrogen and oxygen atoms in total. The number of amides is 1. The van der Waals surface area contributed by atoms with E-state index in [9.17, 15) is 9.59 Å². The molecule has 1 N–H and O–H groups in total. The number of carbonyl (C=O) groups is 2. The summed E-state index contributed by atoms with van der Waals surface area (Å²) in [5.41, 5.74) is 2.34. The largest absolute Gasteiger partial charge is 0.486 e. The Morgan fingerprint density at radius 3 is 2.63 bits per heavy atom. The first kappa shape index (κ1) is 21.5. The van der Waals surface area contributed by atoms with E-state index in [1.165, 1.54) is 5.56 Å². The molecule has 30 heavy (non-hydrogen) atoms. The molecule has 2 aromatic rings. The number of aryl methyl sites for hydroxylation is 1. The standard InChI is InChI=1S/C23H27NO6/c1-15(2)19-9-8-17(10-16(19)3)27-14-23(26)29-13-22(25)24-11-18-12-28-20-6-4-5-7-21(20)30-18/h4-10,15,18H,11-14H2,1-3H3,(H,24,25)/t18-/m1/s1. The van der Waals surface area contributed by atoms with E-state index in [2.05, 4.69) is 19.2 Å². The summed E-state index contributed by atoms with van der Waals surface area (Å²) in [6.07, 6.45) is -0.306. The van der Waals surface area contributed by atoms with Crippen LogP contribution < -0.4 is 19.5 Å². The van der Waals surface area contributed by atoms with Crippen molar-refractivity contribution in [1.29, 1.82) is 0 Å². The minimum Gasteiger partial charge on any atom is -0.486 e. The Bertz CT molecular complexity index is 895. The van der Waals surface area contributed by atoms with E-state index in [1.54, 1.807) is 0 Å². The molecule has 0 bridgehead atoms. The van der Waals surface area contributed by atoms with Crippen molar-refractivity contribution >= 4 is 11.9 Å². The Balaban J connectivity index is 1.35. The van der Waals surface area contributed by atoms with Crippen molar-refractivity contribution < 1.29 is 28.5 Å². The molecule has 1 amide bonds. The number of hydrogen-bond acceptors (Lipinski definition) is 6. The van der Waals surface area contributed by atoms with Gasteiger partial charge in [-0.3, -0.25) is 4.79 Å². The van der Waals surface area contributed by atoms with E-state index in [0.29, 0.717) is 29.8 Å². The van der Waals surface area contributed by atoms with Gasteiger partial charge in [0.05, 0.1) is 6.54 Å². The van der Waals surface area contributed by atoms with Gasteiger partial charge >= 0.3 is 5.97 Å². The maximum absolute atomic E-state index is 11.9. The minimum absolute atomic E-state index is 0.253. The first-order valence-corrected chi connectivity index (χ1v) is 9.96. The average molecular weight is 413 g/mol. The summed E-state index contributed by atoms with van der Waals surface area (Å²) in [5.74, 6) is 1.31. The SMILES string of the molecule is Cc1cc(OCC(=O)OCC(=O)NC[C@@H]2COc3ccccc3O2)ccc1C(C)C. The number of rotatable bonds is 8. The van der Waals surface area contributed by atoms with E-state index >= 15 is 0 Å². The first-order valence-electron chi connectivity index (χ1n) is 9.96. The quantitative estimate of drug-likeness (QED) is 0.670. The molecule has 160 valence electrons. The number of carbonyl (C=O) groups excluding carboxylic acids is 2. The zero-order valence-corrected chi connectivity index (χ0v) is 17.5. The van der Waals surface area contributed by atoms with Crippen LogP contribution >= 0.6 is 0 Å². The van der Waals surface area contributed by atoms with Gasteiger partial charge in [0, 0.05) is 0 Å². The summed E-state index contributed by atoms with van der Waals surface area (Å²) in [6, 6.07) is 13.1. The van der Waals surface area contributed by atoms with E-state index in [-0.39, 0.29) is 25.9 Å². The van der Waals surface area contributed by atoms with Crippen LogP contribution in [0.1, 0.15) is 30.9 Å². The van der Waals surface area contributed by atoms with Crippen LogP contribution in [0.2, 0.25) is 0 Å². The third-order valence-electron chi connectivity index (χ3n) is 4.68. The van der Waals surface area contributed by atoms with Gasteiger partial charge in [0.15, 0.2) is 24.7 Å². The van der Waals surface area contributed by atoms with Crippen molar-refractivity contribution in [3.8, 4) is 17.2 Å². The molecule has 1 heterocycles. The van der Waals surface area contributed by atoms with Gasteiger partial charge < -0.3 is 24.3 Å². The van der Waals surface area contributed by atoms with Gasteiger partial charge in [-0.05, 0) is 48.2 Å². The number of fused-ring (bicyclic) bond motifs is 1. The third kappa shape index (κ3) is 5.89. The Labute approximate surface area is 176 Å². The molecular formula is C23H27NO6. The van der Waals surface area contributed by atoms with Crippen molar-refractivity contribution in [2.75, 3.05) is 26.4 Å². The predicted molar refractivity (Wildman–Crippen MR) is 111 cm³/mol. The van der Waals surface area contributed by atoms with Crippen LogP contribution in [0.5, 0.6) is 17.2 Å². The Hall–Kier alpha value is -3.22. The second-order valence-corrected chi connectivity index (χ2v) is 7.42. The number of hydrogen-bond donors (Lipinski definition) is 1. The first-order chi connectivity index (χ1) is 14.4. The molecule has 0 aliphatic carbocycles. The molecule has 0 unspecified atom stereocenters. The Morgan fingerprint density at radius 1 is 1.13 bits per heavy atom. The zero-order chi connectivity index (χ0) is 21.5. The van der Waals surface area contributed by atoms with Gasteiger partial charge in [0.1, 0.15) is 18.5 Å². The maximum atomic E-state index is 11.9. The lowest BCUT2D eigenvalue weighted by atomic mass is 9.98. The number of para-hydroxylation sites is 2. The fourth-order valence-corrected chi connectivity index (χ4v) is 3.16. The molecule has 0 aromatic heterocycles. The summed E-state index contributed by atoms with van der Waals surface area (Å²) in [6.45, 7) is 6.20. The van der Waals surface area contributed by atoms with E-state index in [0.717, 1.165) is 5.56 Å². The summed E-state index contributed by atoms with van der Waals surface area (Å²) in [7, 11) is 0. The molecule has 1 atom stereocenters. The van der Waals surface area contributed by atoms with Crippen LogP contribution in [0.15, 0.2) is 42.5 Å². The van der Waals surface area contributed by atoms with Crippen molar-refractivity contribution in [3.63, 3.8) is 0 Å². The van der Waals surface area contributed by atoms with E-state index in [4.69, 9.17) is 18.9 Å². The molecule has 1 aliphatic rings. The number of benzene rings is 2. The van der Waals surface area contributed by atoms with Crippen LogP contribution in [0, 0.1) is 6.92 Å². The van der Waals surface area contributed by atoms with Crippen LogP contribution in [-0.4, -0.2) is 44.3 Å². The normalized spacial score (nSPS) is 14.9. The molecule has 0 spiro atoms. The summed E-state index contributed by atoms with van der Waals surface area (Å²) in [4.78, 5) is 23.8. The van der Waals surface area contributed by atoms with Crippen molar-refractivity contribution in [2.45, 2.75) is 32.8 Å². The van der Waals surface area contributed by atoms with Gasteiger partial charge in [0.2, 0.25) is 0 Å². The molecule has 0 saturated carbocycles. The molecule has 7 heteroatoms. The van der Waals surface area contributed by atoms with Crippen molar-refractivity contribution in [3.05, 3.63) is 53.6 Å².